The summed E-state index contributed by atoms with van der Waals surface area (Å²) in [5.74, 6) is 0.0732. The number of carbonyl (C=O) groups is 1. The molecule has 2 aliphatic carbocycles. The van der Waals surface area contributed by atoms with Crippen molar-refractivity contribution in [2.45, 2.75) is 75.5 Å². The molecule has 0 aromatic heterocycles. The zero-order chi connectivity index (χ0) is 13.7. The maximum Gasteiger partial charge on any atom is 0.320 e. The van der Waals surface area contributed by atoms with Crippen LogP contribution in [0.4, 0.5) is 0 Å². The summed E-state index contributed by atoms with van der Waals surface area (Å²) < 4.78 is 0. The average molecular weight is 278 g/mol. The Bertz CT molecular complexity index is 396. The summed E-state index contributed by atoms with van der Waals surface area (Å²) >= 11 is 0. The maximum absolute atomic E-state index is 11.7. The maximum atomic E-state index is 11.7. The Labute approximate surface area is 121 Å². The molecular formula is C16H26N2O2. The lowest BCUT2D eigenvalue weighted by molar-refractivity contribution is -0.143. The second kappa shape index (κ2) is 4.99. The van der Waals surface area contributed by atoms with Crippen LogP contribution in [0.5, 0.6) is 0 Å². The Hall–Kier alpha value is -0.610. The van der Waals surface area contributed by atoms with Gasteiger partial charge in [-0.05, 0) is 44.4 Å². The van der Waals surface area contributed by atoms with Crippen LogP contribution in [0.1, 0.15) is 51.4 Å². The largest absolute Gasteiger partial charge is 0.480 e. The van der Waals surface area contributed by atoms with Crippen LogP contribution in [0.15, 0.2) is 0 Å². The molecule has 4 heteroatoms. The van der Waals surface area contributed by atoms with E-state index in [4.69, 9.17) is 0 Å². The van der Waals surface area contributed by atoms with Gasteiger partial charge in [-0.1, -0.05) is 12.8 Å². The van der Waals surface area contributed by atoms with Crippen molar-refractivity contribution in [3.63, 3.8) is 0 Å². The minimum absolute atomic E-state index is 0.202. The molecule has 0 spiro atoms. The lowest BCUT2D eigenvalue weighted by atomic mass is 9.84. The van der Waals surface area contributed by atoms with Crippen molar-refractivity contribution in [3.8, 4) is 0 Å². The Morgan fingerprint density at radius 1 is 1.00 bits per heavy atom. The van der Waals surface area contributed by atoms with Gasteiger partial charge in [0.15, 0.2) is 0 Å². The van der Waals surface area contributed by atoms with E-state index in [0.717, 1.165) is 19.0 Å². The van der Waals surface area contributed by atoms with E-state index >= 15 is 0 Å². The fourth-order valence-electron chi connectivity index (χ4n) is 5.03. The molecule has 2 saturated heterocycles. The molecule has 0 bridgehead atoms. The zero-order valence-corrected chi connectivity index (χ0v) is 12.2. The number of hydrogen-bond donors (Lipinski definition) is 1. The monoisotopic (exact) mass is 278 g/mol. The lowest BCUT2D eigenvalue weighted by Crippen LogP contribution is -2.49. The minimum Gasteiger partial charge on any atom is -0.480 e. The quantitative estimate of drug-likeness (QED) is 0.857. The van der Waals surface area contributed by atoms with Crippen molar-refractivity contribution < 1.29 is 9.90 Å². The molecule has 2 saturated carbocycles. The van der Waals surface area contributed by atoms with Gasteiger partial charge in [0.1, 0.15) is 6.04 Å². The van der Waals surface area contributed by atoms with E-state index in [2.05, 4.69) is 9.80 Å². The average Bonchev–Trinajstić information content (AvgIpc) is 3.05. The molecule has 0 radical (unpaired) electrons. The van der Waals surface area contributed by atoms with Gasteiger partial charge in [0.05, 0.1) is 0 Å². The number of carboxylic acids is 1. The molecule has 0 aromatic carbocycles. The first-order chi connectivity index (χ1) is 9.74. The van der Waals surface area contributed by atoms with E-state index in [1.165, 1.54) is 51.5 Å². The van der Waals surface area contributed by atoms with Crippen molar-refractivity contribution in [1.82, 2.24) is 9.80 Å². The zero-order valence-electron chi connectivity index (χ0n) is 12.2. The number of nitrogens with zero attached hydrogens (tertiary/aromatic N) is 2. The molecule has 0 aromatic rings. The molecule has 4 atom stereocenters. The van der Waals surface area contributed by atoms with Crippen molar-refractivity contribution in [3.05, 3.63) is 0 Å². The topological polar surface area (TPSA) is 43.8 Å². The van der Waals surface area contributed by atoms with Crippen molar-refractivity contribution in [1.29, 1.82) is 0 Å². The molecule has 4 aliphatic rings. The summed E-state index contributed by atoms with van der Waals surface area (Å²) in [6.07, 6.45) is 9.90. The van der Waals surface area contributed by atoms with Crippen LogP contribution in [0, 0.1) is 5.92 Å². The van der Waals surface area contributed by atoms with Crippen LogP contribution in [0.25, 0.3) is 0 Å². The lowest BCUT2D eigenvalue weighted by Gasteiger charge is -2.37. The van der Waals surface area contributed by atoms with Crippen LogP contribution < -0.4 is 0 Å². The van der Waals surface area contributed by atoms with Crippen LogP contribution in [0.3, 0.4) is 0 Å². The van der Waals surface area contributed by atoms with Gasteiger partial charge in [-0.2, -0.15) is 0 Å². The van der Waals surface area contributed by atoms with Gasteiger partial charge in [-0.25, -0.2) is 0 Å². The number of aliphatic carboxylic acids is 1. The Morgan fingerprint density at radius 2 is 1.80 bits per heavy atom. The van der Waals surface area contributed by atoms with Crippen LogP contribution >= 0.6 is 0 Å². The van der Waals surface area contributed by atoms with E-state index in [0.29, 0.717) is 18.0 Å². The predicted octanol–water partition coefficient (Wildman–Crippen LogP) is 1.94. The molecule has 2 aliphatic heterocycles. The van der Waals surface area contributed by atoms with E-state index in [9.17, 15) is 9.90 Å². The first-order valence-corrected chi connectivity index (χ1v) is 8.48. The van der Waals surface area contributed by atoms with Gasteiger partial charge in [-0.3, -0.25) is 14.6 Å². The van der Waals surface area contributed by atoms with Gasteiger partial charge < -0.3 is 5.11 Å². The number of hydrogen-bond acceptors (Lipinski definition) is 3. The van der Waals surface area contributed by atoms with Gasteiger partial charge in [0, 0.05) is 31.2 Å². The highest BCUT2D eigenvalue weighted by Gasteiger charge is 2.49. The second-order valence-electron chi connectivity index (χ2n) is 7.32. The molecule has 4 nitrogen and oxygen atoms in total. The van der Waals surface area contributed by atoms with Gasteiger partial charge >= 0.3 is 5.97 Å². The highest BCUT2D eigenvalue weighted by atomic mass is 16.4. The highest BCUT2D eigenvalue weighted by Crippen LogP contribution is 2.43. The third-order valence-electron chi connectivity index (χ3n) is 6.10. The fraction of sp³-hybridized carbons (Fsp3) is 0.938. The number of rotatable bonds is 3. The SMILES string of the molecule is O=C(O)C1CC2CCCCC2N1C1CCN(C2CC2)C1. The molecule has 0 amide bonds. The molecule has 1 N–H and O–H groups in total. The summed E-state index contributed by atoms with van der Waals surface area (Å²) in [7, 11) is 0. The van der Waals surface area contributed by atoms with E-state index in [-0.39, 0.29) is 6.04 Å². The molecule has 4 unspecified atom stereocenters. The molecule has 112 valence electrons. The Morgan fingerprint density at radius 3 is 2.55 bits per heavy atom. The molecule has 2 heterocycles. The number of carboxylic acid groups (broad SMARTS) is 1. The van der Waals surface area contributed by atoms with Crippen molar-refractivity contribution in [2.75, 3.05) is 13.1 Å². The normalized spacial score (nSPS) is 42.8. The molecule has 20 heavy (non-hydrogen) atoms. The van der Waals surface area contributed by atoms with Crippen LogP contribution in [0.2, 0.25) is 0 Å². The molecule has 4 fully saturated rings. The number of likely N-dealkylation sites (tertiary alicyclic amines) is 2. The van der Waals surface area contributed by atoms with E-state index < -0.39 is 5.97 Å². The Kier molecular flexibility index (Phi) is 3.26. The predicted molar refractivity (Wildman–Crippen MR) is 76.6 cm³/mol. The summed E-state index contributed by atoms with van der Waals surface area (Å²) in [4.78, 5) is 16.7. The van der Waals surface area contributed by atoms with E-state index in [1.54, 1.807) is 0 Å². The first-order valence-electron chi connectivity index (χ1n) is 8.48. The summed E-state index contributed by atoms with van der Waals surface area (Å²) in [6.45, 7) is 2.31. The second-order valence-corrected chi connectivity index (χ2v) is 7.32. The summed E-state index contributed by atoms with van der Waals surface area (Å²) in [5, 5.41) is 9.62. The van der Waals surface area contributed by atoms with Gasteiger partial charge in [0.2, 0.25) is 0 Å². The van der Waals surface area contributed by atoms with Crippen LogP contribution in [-0.2, 0) is 4.79 Å². The van der Waals surface area contributed by atoms with E-state index in [1.807, 2.05) is 0 Å². The summed E-state index contributed by atoms with van der Waals surface area (Å²) in [5.41, 5.74) is 0. The van der Waals surface area contributed by atoms with Gasteiger partial charge in [-0.15, -0.1) is 0 Å². The van der Waals surface area contributed by atoms with Gasteiger partial charge in [0.25, 0.3) is 0 Å². The fourth-order valence-corrected chi connectivity index (χ4v) is 5.03. The number of fused-ring (bicyclic) bond motifs is 1. The molecule has 4 rings (SSSR count). The van der Waals surface area contributed by atoms with Crippen molar-refractivity contribution >= 4 is 5.97 Å². The highest BCUT2D eigenvalue weighted by molar-refractivity contribution is 5.74. The summed E-state index contributed by atoms with van der Waals surface area (Å²) in [6, 6.07) is 1.69. The standard InChI is InChI=1S/C16H26N2O2/c19-16(20)15-9-11-3-1-2-4-14(11)18(15)13-7-8-17(10-13)12-5-6-12/h11-15H,1-10H2,(H,19,20). The molecular weight excluding hydrogens is 252 g/mol. The smallest absolute Gasteiger partial charge is 0.320 e. The minimum atomic E-state index is -0.579. The first kappa shape index (κ1) is 13.1. The third-order valence-corrected chi connectivity index (χ3v) is 6.10. The van der Waals surface area contributed by atoms with Crippen molar-refractivity contribution in [2.24, 2.45) is 5.92 Å². The van der Waals surface area contributed by atoms with Crippen LogP contribution in [-0.4, -0.2) is 58.1 Å². The Balaban J connectivity index is 1.52. The third kappa shape index (κ3) is 2.17.